The van der Waals surface area contributed by atoms with Crippen LogP contribution in [0.5, 0.6) is 5.75 Å². The van der Waals surface area contributed by atoms with E-state index < -0.39 is 41.0 Å². The third-order valence-electron chi connectivity index (χ3n) is 6.96. The Balaban J connectivity index is 1.27. The molecule has 10 heteroatoms. The predicted octanol–water partition coefficient (Wildman–Crippen LogP) is 10.7. The maximum absolute atomic E-state index is 14.8. The second-order valence-corrected chi connectivity index (χ2v) is 10.2. The van der Waals surface area contributed by atoms with Gasteiger partial charge in [0.1, 0.15) is 35.4 Å². The molecule has 0 bridgehead atoms. The van der Waals surface area contributed by atoms with Crippen LogP contribution in [0.4, 0.5) is 35.1 Å². The summed E-state index contributed by atoms with van der Waals surface area (Å²) in [5.41, 5.74) is 0.982. The minimum atomic E-state index is -5.86. The van der Waals surface area contributed by atoms with Crippen LogP contribution in [0.1, 0.15) is 30.0 Å². The van der Waals surface area contributed by atoms with Crippen LogP contribution in [0.2, 0.25) is 0 Å². The summed E-state index contributed by atoms with van der Waals surface area (Å²) in [6, 6.07) is 24.3. The highest BCUT2D eigenvalue weighted by molar-refractivity contribution is 5.88. The average molecular weight is 617 g/mol. The van der Waals surface area contributed by atoms with E-state index in [1.54, 1.807) is 0 Å². The molecule has 2 nitrogen and oxygen atoms in total. The van der Waals surface area contributed by atoms with Crippen LogP contribution >= 0.6 is 0 Å². The zero-order valence-corrected chi connectivity index (χ0v) is 23.1. The predicted molar refractivity (Wildman–Crippen MR) is 150 cm³/mol. The van der Waals surface area contributed by atoms with E-state index in [-0.39, 0.29) is 17.9 Å². The van der Waals surface area contributed by atoms with Gasteiger partial charge in [0, 0.05) is 11.6 Å². The van der Waals surface area contributed by atoms with Gasteiger partial charge >= 0.3 is 12.5 Å². The molecule has 0 fully saturated rings. The quantitative estimate of drug-likeness (QED) is 0.153. The van der Waals surface area contributed by atoms with Gasteiger partial charge in [-0.25, -0.2) is 17.9 Å². The lowest BCUT2D eigenvalue weighted by molar-refractivity contribution is -0.432. The molecule has 0 heterocycles. The highest BCUT2D eigenvalue weighted by Crippen LogP contribution is 2.40. The SMILES string of the molecule is CCCc1ccc2cc(-c3ccc(COc4ccc(-c5cc(F)c(C(F)(F)OC(F)(F)F)c(F)c5)c(F)c4)cc3)ccc2c1. The van der Waals surface area contributed by atoms with E-state index in [1.165, 1.54) is 17.0 Å². The topological polar surface area (TPSA) is 18.5 Å². The maximum atomic E-state index is 14.8. The Labute approximate surface area is 247 Å². The fourth-order valence-electron chi connectivity index (χ4n) is 4.90. The average Bonchev–Trinajstić information content (AvgIpc) is 2.94. The molecule has 0 saturated heterocycles. The van der Waals surface area contributed by atoms with Crippen molar-refractivity contribution in [3.8, 4) is 28.0 Å². The molecule has 0 spiro atoms. The molecule has 44 heavy (non-hydrogen) atoms. The fraction of sp³-hybridized carbons (Fsp3) is 0.176. The molecule has 0 aromatic heterocycles. The Kier molecular flexibility index (Phi) is 8.65. The maximum Gasteiger partial charge on any atom is 0.527 e. The molecule has 228 valence electrons. The fourth-order valence-corrected chi connectivity index (χ4v) is 4.90. The Bertz CT molecular complexity index is 1770. The number of hydrogen-bond acceptors (Lipinski definition) is 2. The highest BCUT2D eigenvalue weighted by atomic mass is 19.4. The lowest BCUT2D eigenvalue weighted by atomic mass is 9.98. The van der Waals surface area contributed by atoms with Crippen molar-refractivity contribution >= 4 is 10.8 Å². The van der Waals surface area contributed by atoms with Crippen LogP contribution in [-0.4, -0.2) is 6.36 Å². The highest BCUT2D eigenvalue weighted by Gasteiger charge is 2.49. The molecular formula is C34H24F8O2. The first-order valence-corrected chi connectivity index (χ1v) is 13.5. The number of hydrogen-bond donors (Lipinski definition) is 0. The van der Waals surface area contributed by atoms with Gasteiger partial charge in [0.25, 0.3) is 0 Å². The number of benzene rings is 5. The summed E-state index contributed by atoms with van der Waals surface area (Å²) in [7, 11) is 0. The van der Waals surface area contributed by atoms with Crippen molar-refractivity contribution in [1.82, 2.24) is 0 Å². The second kappa shape index (κ2) is 12.3. The van der Waals surface area contributed by atoms with E-state index >= 15 is 0 Å². The van der Waals surface area contributed by atoms with Gasteiger partial charge in [-0.05, 0) is 75.3 Å². The third kappa shape index (κ3) is 7.02. The first-order valence-electron chi connectivity index (χ1n) is 13.5. The second-order valence-electron chi connectivity index (χ2n) is 10.2. The molecule has 0 aliphatic rings. The minimum Gasteiger partial charge on any atom is -0.489 e. The molecule has 0 unspecified atom stereocenters. The van der Waals surface area contributed by atoms with Crippen LogP contribution in [-0.2, 0) is 23.9 Å². The first kappa shape index (κ1) is 31.0. The van der Waals surface area contributed by atoms with Crippen LogP contribution < -0.4 is 4.74 Å². The van der Waals surface area contributed by atoms with E-state index in [9.17, 15) is 35.1 Å². The number of fused-ring (bicyclic) bond motifs is 1. The summed E-state index contributed by atoms with van der Waals surface area (Å²) in [5.74, 6) is -5.00. The van der Waals surface area contributed by atoms with Gasteiger partial charge in [0.2, 0.25) is 0 Å². The molecule has 5 aromatic rings. The number of halogens is 8. The molecule has 0 aliphatic carbocycles. The Hall–Kier alpha value is -4.44. The third-order valence-corrected chi connectivity index (χ3v) is 6.96. The van der Waals surface area contributed by atoms with E-state index in [1.807, 2.05) is 24.3 Å². The van der Waals surface area contributed by atoms with E-state index in [0.29, 0.717) is 12.1 Å². The van der Waals surface area contributed by atoms with Crippen LogP contribution in [0, 0.1) is 17.5 Å². The van der Waals surface area contributed by atoms with Crippen molar-refractivity contribution < 1.29 is 44.6 Å². The largest absolute Gasteiger partial charge is 0.527 e. The lowest BCUT2D eigenvalue weighted by Crippen LogP contribution is -2.29. The number of rotatable bonds is 9. The minimum absolute atomic E-state index is 0.0727. The first-order chi connectivity index (χ1) is 20.8. The van der Waals surface area contributed by atoms with Gasteiger partial charge < -0.3 is 4.74 Å². The summed E-state index contributed by atoms with van der Waals surface area (Å²) in [6.07, 6.45) is -9.09. The zero-order chi connectivity index (χ0) is 31.6. The monoisotopic (exact) mass is 616 g/mol. The molecule has 0 amide bonds. The van der Waals surface area contributed by atoms with Crippen molar-refractivity contribution in [2.45, 2.75) is 38.8 Å². The summed E-state index contributed by atoms with van der Waals surface area (Å²) in [6.45, 7) is 2.22. The van der Waals surface area contributed by atoms with Gasteiger partial charge in [-0.2, -0.15) is 8.78 Å². The van der Waals surface area contributed by atoms with Crippen LogP contribution in [0.3, 0.4) is 0 Å². The molecule has 0 saturated carbocycles. The molecule has 5 rings (SSSR count). The van der Waals surface area contributed by atoms with Crippen LogP contribution in [0.15, 0.2) is 91.0 Å². The summed E-state index contributed by atoms with van der Waals surface area (Å²) in [4.78, 5) is 0. The Morgan fingerprint density at radius 3 is 1.84 bits per heavy atom. The lowest BCUT2D eigenvalue weighted by Gasteiger charge is -2.20. The van der Waals surface area contributed by atoms with Gasteiger partial charge in [-0.15, -0.1) is 13.2 Å². The molecule has 0 atom stereocenters. The Morgan fingerprint density at radius 1 is 0.591 bits per heavy atom. The van der Waals surface area contributed by atoms with Crippen molar-refractivity contribution in [2.24, 2.45) is 0 Å². The number of ether oxygens (including phenoxy) is 2. The van der Waals surface area contributed by atoms with Crippen molar-refractivity contribution in [1.29, 1.82) is 0 Å². The van der Waals surface area contributed by atoms with E-state index in [0.717, 1.165) is 47.1 Å². The molecule has 0 N–H and O–H groups in total. The summed E-state index contributed by atoms with van der Waals surface area (Å²) < 4.78 is 116. The van der Waals surface area contributed by atoms with Crippen LogP contribution in [0.25, 0.3) is 33.0 Å². The number of alkyl halides is 5. The number of aryl methyl sites for hydroxylation is 1. The molecule has 5 aromatic carbocycles. The van der Waals surface area contributed by atoms with E-state index in [2.05, 4.69) is 48.1 Å². The van der Waals surface area contributed by atoms with E-state index in [4.69, 9.17) is 4.74 Å². The van der Waals surface area contributed by atoms with Gasteiger partial charge in [0.05, 0.1) is 0 Å². The standard InChI is InChI=1S/C34H24F8O2/c1-2-3-20-4-9-25-15-24(11-10-23(25)14-20)22-7-5-21(6-8-22)19-43-27-12-13-28(29(35)18-27)26-16-30(36)32(31(37)17-26)33(38,39)44-34(40,41)42/h4-18H,2-3,19H2,1H3. The molecule has 0 aliphatic heterocycles. The molecule has 0 radical (unpaired) electrons. The Morgan fingerprint density at radius 2 is 1.20 bits per heavy atom. The van der Waals surface area contributed by atoms with Crippen molar-refractivity contribution in [2.75, 3.05) is 0 Å². The smallest absolute Gasteiger partial charge is 0.489 e. The van der Waals surface area contributed by atoms with Gasteiger partial charge in [-0.3, -0.25) is 0 Å². The zero-order valence-electron chi connectivity index (χ0n) is 23.1. The summed E-state index contributed by atoms with van der Waals surface area (Å²) >= 11 is 0. The summed E-state index contributed by atoms with van der Waals surface area (Å²) in [5, 5.41) is 2.31. The van der Waals surface area contributed by atoms with Crippen molar-refractivity contribution in [3.63, 3.8) is 0 Å². The normalized spacial score (nSPS) is 12.1. The molecular weight excluding hydrogens is 592 g/mol. The van der Waals surface area contributed by atoms with Gasteiger partial charge in [-0.1, -0.05) is 67.9 Å². The van der Waals surface area contributed by atoms with Crippen molar-refractivity contribution in [3.05, 3.63) is 125 Å². The van der Waals surface area contributed by atoms with Gasteiger partial charge in [0.15, 0.2) is 0 Å².